The van der Waals surface area contributed by atoms with Gasteiger partial charge in [0.25, 0.3) is 0 Å². The lowest BCUT2D eigenvalue weighted by molar-refractivity contribution is 1.34. The minimum absolute atomic E-state index is 1.26. The van der Waals surface area contributed by atoms with E-state index in [1.54, 1.807) is 0 Å². The number of benzene rings is 6. The van der Waals surface area contributed by atoms with E-state index in [0.717, 1.165) is 0 Å². The molecule has 0 heterocycles. The molecule has 6 aromatic rings. The lowest BCUT2D eigenvalue weighted by atomic mass is 9.92. The van der Waals surface area contributed by atoms with Gasteiger partial charge in [-0.2, -0.15) is 0 Å². The van der Waals surface area contributed by atoms with Crippen molar-refractivity contribution in [3.05, 3.63) is 132 Å². The first-order valence-corrected chi connectivity index (χ1v) is 11.1. The Balaban J connectivity index is 0.000000230. The van der Waals surface area contributed by atoms with E-state index >= 15 is 0 Å². The topological polar surface area (TPSA) is 0 Å². The van der Waals surface area contributed by atoms with Gasteiger partial charge >= 0.3 is 0 Å². The third-order valence-electron chi connectivity index (χ3n) is 6.28. The summed E-state index contributed by atoms with van der Waals surface area (Å²) in [6.07, 6.45) is 0. The highest BCUT2D eigenvalue weighted by molar-refractivity contribution is 6.25. The second-order valence-corrected chi connectivity index (χ2v) is 8.30. The van der Waals surface area contributed by atoms with Crippen LogP contribution in [0.3, 0.4) is 0 Å². The summed E-state index contributed by atoms with van der Waals surface area (Å²) in [5.41, 5.74) is 5.26. The predicted molar refractivity (Wildman–Crippen MR) is 140 cm³/mol. The molecule has 0 unspecified atom stereocenters. The van der Waals surface area contributed by atoms with Crippen LogP contribution < -0.4 is 0 Å². The molecule has 0 aliphatic heterocycles. The molecule has 0 N–H and O–H groups in total. The van der Waals surface area contributed by atoms with Gasteiger partial charge in [-0.1, -0.05) is 115 Å². The highest BCUT2D eigenvalue weighted by Crippen LogP contribution is 2.36. The summed E-state index contributed by atoms with van der Waals surface area (Å²) < 4.78 is 0. The molecule has 0 amide bonds. The van der Waals surface area contributed by atoms with Gasteiger partial charge < -0.3 is 0 Å². The SMILES string of the molecule is Cc1ccccc1C.c1ccc(-c2ccc3c4ccccc4c4ccccc4c3c2)cc1. The fourth-order valence-corrected chi connectivity index (χ4v) is 4.38. The second kappa shape index (κ2) is 8.69. The van der Waals surface area contributed by atoms with Gasteiger partial charge in [-0.05, 0) is 74.5 Å². The summed E-state index contributed by atoms with van der Waals surface area (Å²) in [7, 11) is 0. The molecule has 0 saturated heterocycles. The minimum Gasteiger partial charge on any atom is -0.0622 e. The molecule has 0 aromatic heterocycles. The Morgan fingerprint density at radius 1 is 0.312 bits per heavy atom. The van der Waals surface area contributed by atoms with Crippen LogP contribution in [0.2, 0.25) is 0 Å². The third kappa shape index (κ3) is 3.76. The van der Waals surface area contributed by atoms with Crippen LogP contribution in [0.25, 0.3) is 43.4 Å². The second-order valence-electron chi connectivity index (χ2n) is 8.30. The van der Waals surface area contributed by atoms with Crippen molar-refractivity contribution in [2.45, 2.75) is 13.8 Å². The number of hydrogen-bond acceptors (Lipinski definition) is 0. The van der Waals surface area contributed by atoms with E-state index < -0.39 is 0 Å². The van der Waals surface area contributed by atoms with Crippen LogP contribution in [0.4, 0.5) is 0 Å². The fourth-order valence-electron chi connectivity index (χ4n) is 4.38. The maximum absolute atomic E-state index is 2.33. The van der Waals surface area contributed by atoms with E-state index in [1.165, 1.54) is 54.6 Å². The summed E-state index contributed by atoms with van der Waals surface area (Å²) in [5, 5.41) is 7.95. The molecule has 0 fully saturated rings. The molecule has 0 nitrogen and oxygen atoms in total. The summed E-state index contributed by atoms with van der Waals surface area (Å²) in [6.45, 7) is 4.24. The van der Waals surface area contributed by atoms with Gasteiger partial charge in [0.15, 0.2) is 0 Å². The number of fused-ring (bicyclic) bond motifs is 6. The largest absolute Gasteiger partial charge is 0.0622 e. The number of aryl methyl sites for hydroxylation is 2. The molecular weight excluding hydrogens is 384 g/mol. The van der Waals surface area contributed by atoms with Crippen molar-refractivity contribution in [2.24, 2.45) is 0 Å². The highest BCUT2D eigenvalue weighted by atomic mass is 14.1. The molecule has 0 spiro atoms. The normalized spacial score (nSPS) is 10.8. The van der Waals surface area contributed by atoms with E-state index in [1.807, 2.05) is 0 Å². The molecular formula is C32H26. The lowest BCUT2D eigenvalue weighted by Gasteiger charge is -2.12. The summed E-state index contributed by atoms with van der Waals surface area (Å²) >= 11 is 0. The van der Waals surface area contributed by atoms with Gasteiger partial charge in [0.05, 0.1) is 0 Å². The van der Waals surface area contributed by atoms with Crippen LogP contribution in [0.15, 0.2) is 121 Å². The first-order chi connectivity index (χ1) is 15.7. The molecule has 0 aliphatic rings. The van der Waals surface area contributed by atoms with Crippen molar-refractivity contribution in [3.8, 4) is 11.1 Å². The Hall–Kier alpha value is -3.90. The van der Waals surface area contributed by atoms with Gasteiger partial charge in [-0.15, -0.1) is 0 Å². The molecule has 32 heavy (non-hydrogen) atoms. The Morgan fingerprint density at radius 2 is 0.719 bits per heavy atom. The van der Waals surface area contributed by atoms with Gasteiger partial charge in [0, 0.05) is 0 Å². The van der Waals surface area contributed by atoms with Crippen LogP contribution in [-0.2, 0) is 0 Å². The van der Waals surface area contributed by atoms with E-state index in [9.17, 15) is 0 Å². The molecule has 6 aromatic carbocycles. The molecule has 6 rings (SSSR count). The first-order valence-electron chi connectivity index (χ1n) is 11.1. The molecule has 0 saturated carbocycles. The molecule has 154 valence electrons. The van der Waals surface area contributed by atoms with E-state index in [0.29, 0.717) is 0 Å². The maximum Gasteiger partial charge on any atom is -0.00928 e. The van der Waals surface area contributed by atoms with E-state index in [2.05, 4.69) is 135 Å². The van der Waals surface area contributed by atoms with Crippen molar-refractivity contribution in [2.75, 3.05) is 0 Å². The summed E-state index contributed by atoms with van der Waals surface area (Å²) in [4.78, 5) is 0. The fraction of sp³-hybridized carbons (Fsp3) is 0.0625. The highest BCUT2D eigenvalue weighted by Gasteiger charge is 2.09. The van der Waals surface area contributed by atoms with Gasteiger partial charge in [0.1, 0.15) is 0 Å². The summed E-state index contributed by atoms with van der Waals surface area (Å²) in [6, 6.07) is 43.2. The zero-order valence-electron chi connectivity index (χ0n) is 18.5. The molecule has 0 atom stereocenters. The van der Waals surface area contributed by atoms with E-state index in [4.69, 9.17) is 0 Å². The Labute approximate surface area is 189 Å². The Morgan fingerprint density at radius 3 is 1.22 bits per heavy atom. The van der Waals surface area contributed by atoms with Crippen LogP contribution in [0.5, 0.6) is 0 Å². The van der Waals surface area contributed by atoms with Crippen LogP contribution in [0, 0.1) is 13.8 Å². The Kier molecular flexibility index (Phi) is 5.44. The smallest absolute Gasteiger partial charge is 0.00928 e. The lowest BCUT2D eigenvalue weighted by Crippen LogP contribution is -1.84. The Bertz CT molecular complexity index is 1470. The van der Waals surface area contributed by atoms with Crippen LogP contribution in [0.1, 0.15) is 11.1 Å². The first kappa shape index (κ1) is 20.0. The predicted octanol–water partition coefficient (Wildman–Crippen LogP) is 9.12. The van der Waals surface area contributed by atoms with Gasteiger partial charge in [0.2, 0.25) is 0 Å². The minimum atomic E-state index is 1.26. The van der Waals surface area contributed by atoms with Crippen molar-refractivity contribution in [1.82, 2.24) is 0 Å². The molecule has 0 bridgehead atoms. The number of hydrogen-bond donors (Lipinski definition) is 0. The van der Waals surface area contributed by atoms with Crippen molar-refractivity contribution in [3.63, 3.8) is 0 Å². The monoisotopic (exact) mass is 410 g/mol. The maximum atomic E-state index is 2.33. The zero-order chi connectivity index (χ0) is 21.9. The van der Waals surface area contributed by atoms with Gasteiger partial charge in [-0.3, -0.25) is 0 Å². The average molecular weight is 411 g/mol. The van der Waals surface area contributed by atoms with Crippen molar-refractivity contribution in [1.29, 1.82) is 0 Å². The molecule has 0 aliphatic carbocycles. The molecule has 0 radical (unpaired) electrons. The molecule has 0 heteroatoms. The van der Waals surface area contributed by atoms with Gasteiger partial charge in [-0.25, -0.2) is 0 Å². The van der Waals surface area contributed by atoms with Crippen LogP contribution in [-0.4, -0.2) is 0 Å². The quantitative estimate of drug-likeness (QED) is 0.237. The van der Waals surface area contributed by atoms with Crippen molar-refractivity contribution < 1.29 is 0 Å². The number of rotatable bonds is 1. The van der Waals surface area contributed by atoms with Crippen molar-refractivity contribution >= 4 is 32.3 Å². The average Bonchev–Trinajstić information content (AvgIpc) is 2.87. The standard InChI is InChI=1S/C24H16.C8H10/c1-2-8-17(9-3-1)18-14-15-23-21-12-5-4-10-19(21)20-11-6-7-13-22(20)24(23)16-18;1-7-5-3-4-6-8(7)2/h1-16H;3-6H,1-2H3. The van der Waals surface area contributed by atoms with Crippen LogP contribution >= 0.6 is 0 Å². The zero-order valence-corrected chi connectivity index (χ0v) is 18.5. The third-order valence-corrected chi connectivity index (χ3v) is 6.28. The van der Waals surface area contributed by atoms with E-state index in [-0.39, 0.29) is 0 Å². The summed E-state index contributed by atoms with van der Waals surface area (Å²) in [5.74, 6) is 0.